The summed E-state index contributed by atoms with van der Waals surface area (Å²) in [5, 5.41) is 13.4. The van der Waals surface area contributed by atoms with Gasteiger partial charge in [-0.25, -0.2) is 13.1 Å². The van der Waals surface area contributed by atoms with E-state index in [9.17, 15) is 23.3 Å². The molecule has 0 aliphatic heterocycles. The summed E-state index contributed by atoms with van der Waals surface area (Å²) < 4.78 is 26.8. The van der Waals surface area contributed by atoms with Gasteiger partial charge < -0.3 is 5.32 Å². The summed E-state index contributed by atoms with van der Waals surface area (Å²) in [6, 6.07) is 12.0. The Morgan fingerprint density at radius 1 is 1.07 bits per heavy atom. The van der Waals surface area contributed by atoms with E-state index < -0.39 is 20.9 Å². The molecule has 144 valence electrons. The van der Waals surface area contributed by atoms with E-state index in [2.05, 4.69) is 10.0 Å². The molecule has 0 aromatic heterocycles. The first kappa shape index (κ1) is 20.5. The lowest BCUT2D eigenvalue weighted by Crippen LogP contribution is -2.31. The number of hydrogen-bond acceptors (Lipinski definition) is 5. The summed E-state index contributed by atoms with van der Waals surface area (Å²) in [7, 11) is -3.49. The molecule has 2 aromatic rings. The monoisotopic (exact) mass is 391 g/mol. The molecule has 0 saturated carbocycles. The Morgan fingerprint density at radius 3 is 2.22 bits per heavy atom. The van der Waals surface area contributed by atoms with Crippen molar-refractivity contribution in [2.24, 2.45) is 0 Å². The Labute approximate surface area is 157 Å². The Bertz CT molecular complexity index is 924. The van der Waals surface area contributed by atoms with Crippen LogP contribution in [-0.4, -0.2) is 25.3 Å². The number of carbonyl (C=O) groups excluding carboxylic acids is 1. The van der Waals surface area contributed by atoms with Gasteiger partial charge in [0.25, 0.3) is 11.6 Å². The molecule has 0 bridgehead atoms. The van der Waals surface area contributed by atoms with E-state index in [-0.39, 0.29) is 29.6 Å². The zero-order valence-corrected chi connectivity index (χ0v) is 15.8. The SMILES string of the molecule is CC(C)NS(=O)(=O)Cc1ccccc1CNC(=O)c1ccc([N+](=O)[O-])cc1. The van der Waals surface area contributed by atoms with Crippen LogP contribution in [0.1, 0.15) is 35.3 Å². The van der Waals surface area contributed by atoms with Crippen molar-refractivity contribution < 1.29 is 18.1 Å². The first-order chi connectivity index (χ1) is 12.7. The number of benzene rings is 2. The molecular weight excluding hydrogens is 370 g/mol. The molecule has 0 radical (unpaired) electrons. The molecule has 2 rings (SSSR count). The van der Waals surface area contributed by atoms with Crippen LogP contribution in [0.4, 0.5) is 5.69 Å². The third-order valence-electron chi connectivity index (χ3n) is 3.66. The van der Waals surface area contributed by atoms with Crippen LogP contribution in [-0.2, 0) is 22.3 Å². The maximum absolute atomic E-state index is 12.2. The van der Waals surface area contributed by atoms with Crippen molar-refractivity contribution in [3.8, 4) is 0 Å². The maximum atomic E-state index is 12.2. The Kier molecular flexibility index (Phi) is 6.65. The number of hydrogen-bond donors (Lipinski definition) is 2. The minimum absolute atomic E-state index is 0.0974. The third kappa shape index (κ3) is 6.15. The molecule has 0 heterocycles. The average molecular weight is 391 g/mol. The van der Waals surface area contributed by atoms with Crippen molar-refractivity contribution in [2.45, 2.75) is 32.2 Å². The van der Waals surface area contributed by atoms with Crippen molar-refractivity contribution in [2.75, 3.05) is 0 Å². The summed E-state index contributed by atoms with van der Waals surface area (Å²) in [6.07, 6.45) is 0. The van der Waals surface area contributed by atoms with Crippen molar-refractivity contribution in [1.82, 2.24) is 10.0 Å². The fourth-order valence-electron chi connectivity index (χ4n) is 2.49. The smallest absolute Gasteiger partial charge is 0.269 e. The molecule has 0 saturated heterocycles. The number of nitro groups is 1. The summed E-state index contributed by atoms with van der Waals surface area (Å²) in [4.78, 5) is 22.4. The molecule has 0 unspecified atom stereocenters. The second-order valence-electron chi connectivity index (χ2n) is 6.29. The van der Waals surface area contributed by atoms with Gasteiger partial charge in [-0.15, -0.1) is 0 Å². The van der Waals surface area contributed by atoms with E-state index in [1.807, 2.05) is 0 Å². The van der Waals surface area contributed by atoms with Crippen LogP contribution in [0.25, 0.3) is 0 Å². The molecule has 1 amide bonds. The number of carbonyl (C=O) groups is 1. The van der Waals surface area contributed by atoms with Gasteiger partial charge >= 0.3 is 0 Å². The number of amides is 1. The standard InChI is InChI=1S/C18H21N3O5S/c1-13(2)20-27(25,26)12-16-6-4-3-5-15(16)11-19-18(22)14-7-9-17(10-8-14)21(23)24/h3-10,13,20H,11-12H2,1-2H3,(H,19,22). The van der Waals surface area contributed by atoms with Crippen molar-refractivity contribution in [3.05, 3.63) is 75.3 Å². The predicted molar refractivity (Wildman–Crippen MR) is 102 cm³/mol. The number of nitrogens with one attached hydrogen (secondary N) is 2. The summed E-state index contributed by atoms with van der Waals surface area (Å²) in [6.45, 7) is 3.63. The fraction of sp³-hybridized carbons (Fsp3) is 0.278. The third-order valence-corrected chi connectivity index (χ3v) is 5.18. The molecule has 2 aromatic carbocycles. The molecule has 0 aliphatic rings. The van der Waals surface area contributed by atoms with Crippen LogP contribution < -0.4 is 10.0 Å². The normalized spacial score (nSPS) is 11.4. The van der Waals surface area contributed by atoms with E-state index in [1.165, 1.54) is 24.3 Å². The number of nitro benzene ring substituents is 1. The van der Waals surface area contributed by atoms with Gasteiger partial charge in [0.1, 0.15) is 0 Å². The van der Waals surface area contributed by atoms with Crippen LogP contribution in [0.2, 0.25) is 0 Å². The van der Waals surface area contributed by atoms with Crippen molar-refractivity contribution in [1.29, 1.82) is 0 Å². The summed E-state index contributed by atoms with van der Waals surface area (Å²) in [5.74, 6) is -0.586. The number of sulfonamides is 1. The zero-order chi connectivity index (χ0) is 20.0. The quantitative estimate of drug-likeness (QED) is 0.529. The Morgan fingerprint density at radius 2 is 1.67 bits per heavy atom. The van der Waals surface area contributed by atoms with Crippen LogP contribution in [0.15, 0.2) is 48.5 Å². The number of rotatable bonds is 8. The van der Waals surface area contributed by atoms with Gasteiger partial charge in [0, 0.05) is 30.3 Å². The Balaban J connectivity index is 2.07. The highest BCUT2D eigenvalue weighted by atomic mass is 32.2. The van der Waals surface area contributed by atoms with Gasteiger partial charge in [0.15, 0.2) is 0 Å². The highest BCUT2D eigenvalue weighted by molar-refractivity contribution is 7.88. The van der Waals surface area contributed by atoms with Crippen molar-refractivity contribution >= 4 is 21.6 Å². The number of non-ortho nitro benzene ring substituents is 1. The van der Waals surface area contributed by atoms with E-state index in [0.717, 1.165) is 0 Å². The highest BCUT2D eigenvalue weighted by Gasteiger charge is 2.16. The van der Waals surface area contributed by atoms with Crippen LogP contribution in [0, 0.1) is 10.1 Å². The maximum Gasteiger partial charge on any atom is 0.269 e. The average Bonchev–Trinajstić information content (AvgIpc) is 2.59. The molecular formula is C18H21N3O5S. The number of nitrogens with zero attached hydrogens (tertiary/aromatic N) is 1. The first-order valence-electron chi connectivity index (χ1n) is 8.27. The van der Waals surface area contributed by atoms with Gasteiger partial charge in [0.05, 0.1) is 10.7 Å². The van der Waals surface area contributed by atoms with Gasteiger partial charge in [-0.05, 0) is 37.1 Å². The van der Waals surface area contributed by atoms with E-state index >= 15 is 0 Å². The van der Waals surface area contributed by atoms with Crippen LogP contribution in [0.3, 0.4) is 0 Å². The predicted octanol–water partition coefficient (Wildman–Crippen LogP) is 2.35. The lowest BCUT2D eigenvalue weighted by atomic mass is 10.1. The first-order valence-corrected chi connectivity index (χ1v) is 9.92. The second-order valence-corrected chi connectivity index (χ2v) is 8.04. The lowest BCUT2D eigenvalue weighted by molar-refractivity contribution is -0.384. The van der Waals surface area contributed by atoms with Gasteiger partial charge in [-0.2, -0.15) is 0 Å². The Hall–Kier alpha value is -2.78. The second kappa shape index (κ2) is 8.74. The van der Waals surface area contributed by atoms with Gasteiger partial charge in [-0.3, -0.25) is 14.9 Å². The minimum Gasteiger partial charge on any atom is -0.348 e. The molecule has 0 aliphatic carbocycles. The van der Waals surface area contributed by atoms with E-state index in [4.69, 9.17) is 0 Å². The van der Waals surface area contributed by atoms with Crippen molar-refractivity contribution in [3.63, 3.8) is 0 Å². The molecule has 9 heteroatoms. The van der Waals surface area contributed by atoms with Crippen LogP contribution in [0.5, 0.6) is 0 Å². The molecule has 0 atom stereocenters. The zero-order valence-electron chi connectivity index (χ0n) is 15.0. The molecule has 0 spiro atoms. The minimum atomic E-state index is -3.49. The topological polar surface area (TPSA) is 118 Å². The van der Waals surface area contributed by atoms with E-state index in [1.54, 1.807) is 38.1 Å². The van der Waals surface area contributed by atoms with E-state index in [0.29, 0.717) is 11.1 Å². The van der Waals surface area contributed by atoms with Gasteiger partial charge in [0.2, 0.25) is 10.0 Å². The molecule has 8 nitrogen and oxygen atoms in total. The molecule has 0 fully saturated rings. The summed E-state index contributed by atoms with van der Waals surface area (Å²) >= 11 is 0. The largest absolute Gasteiger partial charge is 0.348 e. The molecule has 2 N–H and O–H groups in total. The molecule has 27 heavy (non-hydrogen) atoms. The lowest BCUT2D eigenvalue weighted by Gasteiger charge is -2.13. The van der Waals surface area contributed by atoms with Crippen LogP contribution >= 0.6 is 0 Å². The summed E-state index contributed by atoms with van der Waals surface area (Å²) in [5.41, 5.74) is 1.46. The fourth-order valence-corrected chi connectivity index (χ4v) is 3.98. The highest BCUT2D eigenvalue weighted by Crippen LogP contribution is 2.14. The van der Waals surface area contributed by atoms with Gasteiger partial charge in [-0.1, -0.05) is 24.3 Å².